The maximum atomic E-state index is 11.4. The van der Waals surface area contributed by atoms with Crippen molar-refractivity contribution in [2.45, 2.75) is 0 Å². The average molecular weight is 238 g/mol. The van der Waals surface area contributed by atoms with Crippen molar-refractivity contribution < 1.29 is 9.53 Å². The first-order valence-corrected chi connectivity index (χ1v) is 5.28. The number of aromatic nitrogens is 1. The van der Waals surface area contributed by atoms with Crippen molar-refractivity contribution >= 4 is 5.97 Å². The summed E-state index contributed by atoms with van der Waals surface area (Å²) in [5.41, 5.74) is 2.57. The van der Waals surface area contributed by atoms with E-state index < -0.39 is 5.97 Å². The Morgan fingerprint density at radius 3 is 2.83 bits per heavy atom. The number of esters is 1. The van der Waals surface area contributed by atoms with Gasteiger partial charge >= 0.3 is 5.97 Å². The van der Waals surface area contributed by atoms with Crippen LogP contribution >= 0.6 is 0 Å². The number of carbonyl (C=O) groups excluding carboxylic acids is 1. The van der Waals surface area contributed by atoms with Gasteiger partial charge in [-0.3, -0.25) is 4.98 Å². The quantitative estimate of drug-likeness (QED) is 0.753. The van der Waals surface area contributed by atoms with Crippen LogP contribution in [0.1, 0.15) is 15.9 Å². The molecule has 4 nitrogen and oxygen atoms in total. The molecule has 4 heteroatoms. The van der Waals surface area contributed by atoms with Crippen LogP contribution in [0, 0.1) is 11.3 Å². The lowest BCUT2D eigenvalue weighted by atomic mass is 10.0. The third kappa shape index (κ3) is 2.36. The van der Waals surface area contributed by atoms with Gasteiger partial charge in [0.2, 0.25) is 0 Å². The van der Waals surface area contributed by atoms with E-state index in [2.05, 4.69) is 15.8 Å². The fraction of sp³-hybridized carbons (Fsp3) is 0.0714. The minimum atomic E-state index is -0.430. The largest absolute Gasteiger partial charge is 0.465 e. The van der Waals surface area contributed by atoms with Crippen molar-refractivity contribution in [1.29, 1.82) is 5.26 Å². The summed E-state index contributed by atoms with van der Waals surface area (Å²) in [6.07, 6.45) is 3.09. The lowest BCUT2D eigenvalue weighted by Gasteiger charge is -2.04. The first-order valence-electron chi connectivity index (χ1n) is 5.28. The van der Waals surface area contributed by atoms with Crippen LogP contribution < -0.4 is 0 Å². The first kappa shape index (κ1) is 11.8. The Labute approximate surface area is 104 Å². The second kappa shape index (κ2) is 5.11. The van der Waals surface area contributed by atoms with E-state index in [0.29, 0.717) is 11.1 Å². The summed E-state index contributed by atoms with van der Waals surface area (Å²) in [6, 6.07) is 10.9. The van der Waals surface area contributed by atoms with Crippen molar-refractivity contribution in [3.63, 3.8) is 0 Å². The Kier molecular flexibility index (Phi) is 3.35. The number of nitrogens with zero attached hydrogens (tertiary/aromatic N) is 2. The average Bonchev–Trinajstić information content (AvgIpc) is 2.46. The molecule has 2 aromatic rings. The number of hydrogen-bond acceptors (Lipinski definition) is 4. The van der Waals surface area contributed by atoms with Gasteiger partial charge in [0.05, 0.1) is 24.3 Å². The predicted molar refractivity (Wildman–Crippen MR) is 65.7 cm³/mol. The summed E-state index contributed by atoms with van der Waals surface area (Å²) in [6.45, 7) is 0. The molecule has 0 aliphatic carbocycles. The molecule has 0 atom stereocenters. The van der Waals surface area contributed by atoms with Gasteiger partial charge in [0.25, 0.3) is 0 Å². The molecule has 0 aliphatic rings. The van der Waals surface area contributed by atoms with Gasteiger partial charge in [-0.05, 0) is 23.8 Å². The van der Waals surface area contributed by atoms with E-state index in [1.807, 2.05) is 6.07 Å². The lowest BCUT2D eigenvalue weighted by Crippen LogP contribution is -2.01. The Morgan fingerprint density at radius 2 is 2.11 bits per heavy atom. The van der Waals surface area contributed by atoms with Crippen LogP contribution in [-0.2, 0) is 4.74 Å². The Hall–Kier alpha value is -2.67. The van der Waals surface area contributed by atoms with Crippen molar-refractivity contribution in [3.8, 4) is 17.2 Å². The minimum absolute atomic E-state index is 0.386. The molecular weight excluding hydrogens is 228 g/mol. The van der Waals surface area contributed by atoms with Crippen LogP contribution in [0.5, 0.6) is 0 Å². The zero-order chi connectivity index (χ0) is 13.0. The second-order valence-electron chi connectivity index (χ2n) is 3.65. The van der Waals surface area contributed by atoms with Gasteiger partial charge < -0.3 is 4.74 Å². The maximum absolute atomic E-state index is 11.4. The maximum Gasteiger partial charge on any atom is 0.339 e. The standard InChI is InChI=1S/C14H10N2O2/c1-18-14(17)13-6-12(8-16-9-13)11-4-2-3-10(5-11)7-15/h2-6,8-9H,1H3. The topological polar surface area (TPSA) is 63.0 Å². The number of ether oxygens (including phenoxy) is 1. The van der Waals surface area contributed by atoms with Gasteiger partial charge in [-0.15, -0.1) is 0 Å². The van der Waals surface area contributed by atoms with Crippen molar-refractivity contribution in [2.75, 3.05) is 7.11 Å². The zero-order valence-electron chi connectivity index (χ0n) is 9.75. The highest BCUT2D eigenvalue weighted by molar-refractivity contribution is 5.90. The van der Waals surface area contributed by atoms with E-state index in [4.69, 9.17) is 5.26 Å². The molecule has 1 aromatic carbocycles. The van der Waals surface area contributed by atoms with Crippen LogP contribution in [0.4, 0.5) is 0 Å². The number of hydrogen-bond donors (Lipinski definition) is 0. The molecule has 0 amide bonds. The molecular formula is C14H10N2O2. The fourth-order valence-electron chi connectivity index (χ4n) is 1.60. The highest BCUT2D eigenvalue weighted by atomic mass is 16.5. The molecule has 0 saturated heterocycles. The van der Waals surface area contributed by atoms with E-state index in [0.717, 1.165) is 11.1 Å². The lowest BCUT2D eigenvalue weighted by molar-refractivity contribution is 0.0600. The van der Waals surface area contributed by atoms with Gasteiger partial charge in [0, 0.05) is 18.0 Å². The second-order valence-corrected chi connectivity index (χ2v) is 3.65. The Morgan fingerprint density at radius 1 is 1.28 bits per heavy atom. The van der Waals surface area contributed by atoms with Crippen molar-refractivity contribution in [1.82, 2.24) is 4.98 Å². The van der Waals surface area contributed by atoms with Gasteiger partial charge in [0.15, 0.2) is 0 Å². The first-order chi connectivity index (χ1) is 8.74. The van der Waals surface area contributed by atoms with Gasteiger partial charge in [-0.2, -0.15) is 5.26 Å². The highest BCUT2D eigenvalue weighted by Gasteiger charge is 2.07. The number of rotatable bonds is 2. The smallest absolute Gasteiger partial charge is 0.339 e. The van der Waals surface area contributed by atoms with Crippen LogP contribution in [0.15, 0.2) is 42.7 Å². The minimum Gasteiger partial charge on any atom is -0.465 e. The summed E-state index contributed by atoms with van der Waals surface area (Å²) >= 11 is 0. The van der Waals surface area contributed by atoms with E-state index in [9.17, 15) is 4.79 Å². The molecule has 2 rings (SSSR count). The normalized spacial score (nSPS) is 9.56. The SMILES string of the molecule is COC(=O)c1cncc(-c2cccc(C#N)c2)c1. The summed E-state index contributed by atoms with van der Waals surface area (Å²) in [7, 11) is 1.32. The molecule has 1 aromatic heterocycles. The molecule has 0 N–H and O–H groups in total. The van der Waals surface area contributed by atoms with Crippen molar-refractivity contribution in [3.05, 3.63) is 53.9 Å². The number of nitriles is 1. The summed E-state index contributed by atoms with van der Waals surface area (Å²) in [5.74, 6) is -0.430. The third-order valence-corrected chi connectivity index (χ3v) is 2.48. The monoisotopic (exact) mass is 238 g/mol. The molecule has 88 valence electrons. The number of methoxy groups -OCH3 is 1. The molecule has 0 radical (unpaired) electrons. The summed E-state index contributed by atoms with van der Waals surface area (Å²) < 4.78 is 4.64. The molecule has 18 heavy (non-hydrogen) atoms. The van der Waals surface area contributed by atoms with Crippen molar-refractivity contribution in [2.24, 2.45) is 0 Å². The summed E-state index contributed by atoms with van der Waals surface area (Å²) in [5, 5.41) is 8.85. The van der Waals surface area contributed by atoms with Crippen LogP contribution in [-0.4, -0.2) is 18.1 Å². The Bertz CT molecular complexity index is 630. The number of carbonyl (C=O) groups is 1. The molecule has 0 aliphatic heterocycles. The van der Waals surface area contributed by atoms with Gasteiger partial charge in [0.1, 0.15) is 0 Å². The molecule has 0 unspecified atom stereocenters. The zero-order valence-corrected chi connectivity index (χ0v) is 9.75. The van der Waals surface area contributed by atoms with Gasteiger partial charge in [-0.25, -0.2) is 4.79 Å². The third-order valence-electron chi connectivity index (χ3n) is 2.48. The molecule has 1 heterocycles. The van der Waals surface area contributed by atoms with Crippen LogP contribution in [0.2, 0.25) is 0 Å². The molecule has 0 fully saturated rings. The van der Waals surface area contributed by atoms with E-state index >= 15 is 0 Å². The highest BCUT2D eigenvalue weighted by Crippen LogP contribution is 2.20. The number of benzene rings is 1. The van der Waals surface area contributed by atoms with E-state index in [1.165, 1.54) is 13.3 Å². The number of pyridine rings is 1. The van der Waals surface area contributed by atoms with Crippen LogP contribution in [0.3, 0.4) is 0 Å². The van der Waals surface area contributed by atoms with Crippen LogP contribution in [0.25, 0.3) is 11.1 Å². The Balaban J connectivity index is 2.45. The molecule has 0 saturated carbocycles. The predicted octanol–water partition coefficient (Wildman–Crippen LogP) is 2.41. The molecule has 0 spiro atoms. The van der Waals surface area contributed by atoms with Gasteiger partial charge in [-0.1, -0.05) is 12.1 Å². The van der Waals surface area contributed by atoms with E-state index in [-0.39, 0.29) is 0 Å². The van der Waals surface area contributed by atoms with E-state index in [1.54, 1.807) is 30.5 Å². The fourth-order valence-corrected chi connectivity index (χ4v) is 1.60. The summed E-state index contributed by atoms with van der Waals surface area (Å²) in [4.78, 5) is 15.4. The molecule has 0 bridgehead atoms.